The maximum absolute atomic E-state index is 12.3. The Morgan fingerprint density at radius 1 is 1.14 bits per heavy atom. The smallest absolute Gasteiger partial charge is 0.306 e. The fraction of sp³-hybridized carbons (Fsp3) is 0.429. The lowest BCUT2D eigenvalue weighted by Crippen LogP contribution is -2.10. The van der Waals surface area contributed by atoms with E-state index in [1.165, 1.54) is 23.3 Å². The van der Waals surface area contributed by atoms with Crippen LogP contribution in [0, 0.1) is 13.8 Å². The van der Waals surface area contributed by atoms with E-state index in [0.717, 1.165) is 32.8 Å². The Labute approximate surface area is 177 Å². The van der Waals surface area contributed by atoms with E-state index >= 15 is 0 Å². The summed E-state index contributed by atoms with van der Waals surface area (Å²) >= 11 is 3.25. The molecule has 0 aromatic carbocycles. The lowest BCUT2D eigenvalue weighted by molar-refractivity contribution is -0.145. The van der Waals surface area contributed by atoms with Gasteiger partial charge in [0.25, 0.3) is 0 Å². The van der Waals surface area contributed by atoms with Gasteiger partial charge in [-0.15, -0.1) is 22.7 Å². The lowest BCUT2D eigenvalue weighted by Gasteiger charge is -2.10. The van der Waals surface area contributed by atoms with Crippen molar-refractivity contribution in [1.82, 2.24) is 9.97 Å². The summed E-state index contributed by atoms with van der Waals surface area (Å²) in [7, 11) is 0. The van der Waals surface area contributed by atoms with Gasteiger partial charge in [0.05, 0.1) is 11.8 Å². The Bertz CT molecular complexity index is 1100. The van der Waals surface area contributed by atoms with Gasteiger partial charge in [-0.05, 0) is 51.2 Å². The second-order valence-corrected chi connectivity index (χ2v) is 9.87. The Kier molecular flexibility index (Phi) is 5.65. The van der Waals surface area contributed by atoms with Crippen molar-refractivity contribution in [3.63, 3.8) is 0 Å². The molecule has 8 heteroatoms. The van der Waals surface area contributed by atoms with Crippen LogP contribution in [0.15, 0.2) is 6.07 Å². The van der Waals surface area contributed by atoms with Gasteiger partial charge in [-0.2, -0.15) is 0 Å². The summed E-state index contributed by atoms with van der Waals surface area (Å²) in [6.45, 7) is 3.85. The van der Waals surface area contributed by atoms with Crippen molar-refractivity contribution in [3.05, 3.63) is 37.6 Å². The number of thiophene rings is 2. The molecule has 0 saturated carbocycles. The first-order valence-electron chi connectivity index (χ1n) is 9.75. The minimum Gasteiger partial charge on any atom is -0.457 e. The number of Topliss-reactive ketones (excluding diaryl/α,β-unsaturated/α-hetero) is 1. The SMILES string of the molecule is Cc1cc(C(=O)CCC(=O)OCc2nc(N)c3c4c(sc3n2)CCCC4)c(C)s1. The van der Waals surface area contributed by atoms with Crippen molar-refractivity contribution in [2.24, 2.45) is 0 Å². The number of hydrogen-bond donors (Lipinski definition) is 1. The number of nitrogen functional groups attached to an aromatic ring is 1. The fourth-order valence-corrected chi connectivity index (χ4v) is 6.00. The maximum atomic E-state index is 12.3. The Morgan fingerprint density at radius 2 is 1.93 bits per heavy atom. The van der Waals surface area contributed by atoms with Gasteiger partial charge in [-0.3, -0.25) is 9.59 Å². The van der Waals surface area contributed by atoms with Crippen LogP contribution < -0.4 is 5.73 Å². The van der Waals surface area contributed by atoms with Crippen molar-refractivity contribution in [1.29, 1.82) is 0 Å². The molecule has 2 N–H and O–H groups in total. The molecule has 0 spiro atoms. The fourth-order valence-electron chi connectivity index (χ4n) is 3.77. The molecule has 1 aliphatic carbocycles. The van der Waals surface area contributed by atoms with Crippen molar-refractivity contribution in [2.45, 2.75) is 59.0 Å². The summed E-state index contributed by atoms with van der Waals surface area (Å²) < 4.78 is 5.29. The third-order valence-electron chi connectivity index (χ3n) is 5.15. The highest BCUT2D eigenvalue weighted by molar-refractivity contribution is 7.19. The number of hydrogen-bond acceptors (Lipinski definition) is 8. The molecule has 0 unspecified atom stereocenters. The number of anilines is 1. The number of aromatic nitrogens is 2. The minimum atomic E-state index is -0.435. The highest BCUT2D eigenvalue weighted by atomic mass is 32.1. The lowest BCUT2D eigenvalue weighted by atomic mass is 9.97. The van der Waals surface area contributed by atoms with Gasteiger partial charge in [0.1, 0.15) is 10.6 Å². The van der Waals surface area contributed by atoms with E-state index in [4.69, 9.17) is 10.5 Å². The van der Waals surface area contributed by atoms with Crippen LogP contribution in [-0.4, -0.2) is 21.7 Å². The van der Waals surface area contributed by atoms with Crippen molar-refractivity contribution < 1.29 is 14.3 Å². The predicted octanol–water partition coefficient (Wildman–Crippen LogP) is 4.54. The summed E-state index contributed by atoms with van der Waals surface area (Å²) in [4.78, 5) is 37.6. The molecule has 3 aromatic heterocycles. The molecular formula is C21H23N3O3S2. The average Bonchev–Trinajstić information content (AvgIpc) is 3.23. The monoisotopic (exact) mass is 429 g/mol. The van der Waals surface area contributed by atoms with Crippen LogP contribution in [0.4, 0.5) is 5.82 Å². The largest absolute Gasteiger partial charge is 0.457 e. The summed E-state index contributed by atoms with van der Waals surface area (Å²) in [5.41, 5.74) is 8.17. The summed E-state index contributed by atoms with van der Waals surface area (Å²) in [6.07, 6.45) is 4.63. The van der Waals surface area contributed by atoms with Crippen LogP contribution in [0.5, 0.6) is 0 Å². The van der Waals surface area contributed by atoms with Gasteiger partial charge in [0, 0.05) is 26.6 Å². The van der Waals surface area contributed by atoms with E-state index in [9.17, 15) is 9.59 Å². The topological polar surface area (TPSA) is 95.2 Å². The van der Waals surface area contributed by atoms with Gasteiger partial charge in [-0.1, -0.05) is 0 Å². The molecule has 0 aliphatic heterocycles. The molecule has 0 amide bonds. The molecule has 0 bridgehead atoms. The molecule has 0 radical (unpaired) electrons. The van der Waals surface area contributed by atoms with Gasteiger partial charge in [-0.25, -0.2) is 9.97 Å². The van der Waals surface area contributed by atoms with E-state index in [0.29, 0.717) is 17.2 Å². The van der Waals surface area contributed by atoms with Gasteiger partial charge in [0.2, 0.25) is 0 Å². The van der Waals surface area contributed by atoms with E-state index in [-0.39, 0.29) is 25.2 Å². The zero-order valence-corrected chi connectivity index (χ0v) is 18.2. The molecule has 152 valence electrons. The molecule has 3 aromatic rings. The standard InChI is InChI=1S/C21H23N3O3S2/c1-11-9-14(12(2)28-11)15(25)7-8-18(26)27-10-17-23-20(22)19-13-5-3-4-6-16(13)29-21(19)24-17/h9H,3-8,10H2,1-2H3,(H2,22,23,24). The van der Waals surface area contributed by atoms with Gasteiger partial charge in [0.15, 0.2) is 18.2 Å². The third-order valence-corrected chi connectivity index (χ3v) is 7.30. The zero-order chi connectivity index (χ0) is 20.5. The quantitative estimate of drug-likeness (QED) is 0.457. The minimum absolute atomic E-state index is 0.0325. The van der Waals surface area contributed by atoms with Crippen molar-refractivity contribution in [2.75, 3.05) is 5.73 Å². The number of ketones is 1. The number of nitrogens with two attached hydrogens (primary N) is 1. The van der Waals surface area contributed by atoms with Crippen LogP contribution in [0.2, 0.25) is 0 Å². The maximum Gasteiger partial charge on any atom is 0.306 e. The average molecular weight is 430 g/mol. The first-order valence-corrected chi connectivity index (χ1v) is 11.4. The van der Waals surface area contributed by atoms with Crippen LogP contribution in [0.1, 0.15) is 62.1 Å². The number of esters is 1. The Morgan fingerprint density at radius 3 is 2.69 bits per heavy atom. The first-order chi connectivity index (χ1) is 13.9. The highest BCUT2D eigenvalue weighted by Crippen LogP contribution is 2.37. The molecule has 6 nitrogen and oxygen atoms in total. The van der Waals surface area contributed by atoms with Crippen molar-refractivity contribution >= 4 is 50.5 Å². The Hall–Kier alpha value is -2.32. The van der Waals surface area contributed by atoms with Crippen LogP contribution >= 0.6 is 22.7 Å². The molecule has 4 rings (SSSR count). The first kappa shape index (κ1) is 20.0. The number of carbonyl (C=O) groups is 2. The van der Waals surface area contributed by atoms with Crippen LogP contribution in [0.3, 0.4) is 0 Å². The van der Waals surface area contributed by atoms with Crippen LogP contribution in [-0.2, 0) is 29.0 Å². The van der Waals surface area contributed by atoms with Gasteiger partial charge >= 0.3 is 5.97 Å². The molecule has 1 aliphatic rings. The highest BCUT2D eigenvalue weighted by Gasteiger charge is 2.20. The zero-order valence-electron chi connectivity index (χ0n) is 16.5. The van der Waals surface area contributed by atoms with E-state index in [1.54, 1.807) is 22.7 Å². The van der Waals surface area contributed by atoms with Crippen molar-refractivity contribution in [3.8, 4) is 0 Å². The normalized spacial score (nSPS) is 13.4. The summed E-state index contributed by atoms with van der Waals surface area (Å²) in [6, 6.07) is 1.88. The third kappa shape index (κ3) is 4.18. The summed E-state index contributed by atoms with van der Waals surface area (Å²) in [5, 5.41) is 0.965. The molecule has 29 heavy (non-hydrogen) atoms. The van der Waals surface area contributed by atoms with Gasteiger partial charge < -0.3 is 10.5 Å². The van der Waals surface area contributed by atoms with Crippen LogP contribution in [0.25, 0.3) is 10.2 Å². The molecule has 0 saturated heterocycles. The van der Waals surface area contributed by atoms with E-state index < -0.39 is 5.97 Å². The number of carbonyl (C=O) groups excluding carboxylic acids is 2. The number of aryl methyl sites for hydroxylation is 4. The van der Waals surface area contributed by atoms with E-state index in [2.05, 4.69) is 9.97 Å². The number of fused-ring (bicyclic) bond motifs is 3. The summed E-state index contributed by atoms with van der Waals surface area (Å²) in [5.74, 6) is 0.391. The number of nitrogens with zero attached hydrogens (tertiary/aromatic N) is 2. The number of rotatable bonds is 6. The Balaban J connectivity index is 1.37. The molecule has 0 fully saturated rings. The molecule has 0 atom stereocenters. The second kappa shape index (κ2) is 8.20. The molecular weight excluding hydrogens is 406 g/mol. The predicted molar refractivity (Wildman–Crippen MR) is 116 cm³/mol. The molecule has 3 heterocycles. The van der Waals surface area contributed by atoms with E-state index in [1.807, 2.05) is 19.9 Å². The number of ether oxygens (including phenoxy) is 1. The second-order valence-electron chi connectivity index (χ2n) is 7.33.